The lowest BCUT2D eigenvalue weighted by molar-refractivity contribution is -0.137. The molecule has 1 aliphatic heterocycles. The molecule has 1 amide bonds. The van der Waals surface area contributed by atoms with Crippen molar-refractivity contribution >= 4 is 29.9 Å². The van der Waals surface area contributed by atoms with Gasteiger partial charge in [0.15, 0.2) is 0 Å². The van der Waals surface area contributed by atoms with Gasteiger partial charge in [-0.3, -0.25) is 4.79 Å². The second-order valence-corrected chi connectivity index (χ2v) is 6.13. The number of nitrogens with one attached hydrogen (secondary N) is 1. The van der Waals surface area contributed by atoms with Gasteiger partial charge in [0, 0.05) is 24.7 Å². The van der Waals surface area contributed by atoms with E-state index in [0.717, 1.165) is 51.0 Å². The molecule has 0 saturated carbocycles. The fourth-order valence-electron chi connectivity index (χ4n) is 3.20. The van der Waals surface area contributed by atoms with Gasteiger partial charge in [-0.05, 0) is 43.5 Å². The van der Waals surface area contributed by atoms with Crippen molar-refractivity contribution in [2.75, 3.05) is 26.2 Å². The molecule has 0 unspecified atom stereocenters. The van der Waals surface area contributed by atoms with Crippen molar-refractivity contribution in [2.45, 2.75) is 38.5 Å². The van der Waals surface area contributed by atoms with Gasteiger partial charge in [-0.25, -0.2) is 0 Å². The van der Waals surface area contributed by atoms with Crippen LogP contribution in [-0.4, -0.2) is 37.0 Å². The second kappa shape index (κ2) is 8.76. The summed E-state index contributed by atoms with van der Waals surface area (Å²) in [6, 6.07) is 7.77. The highest BCUT2D eigenvalue weighted by Gasteiger charge is 2.39. The first kappa shape index (κ1) is 19.3. The summed E-state index contributed by atoms with van der Waals surface area (Å²) in [5.74, 6) is 0.263. The molecule has 1 N–H and O–H groups in total. The normalized spacial score (nSPS) is 15.9. The van der Waals surface area contributed by atoms with Crippen molar-refractivity contribution < 1.29 is 4.79 Å². The van der Waals surface area contributed by atoms with Crippen LogP contribution in [0.2, 0.25) is 5.02 Å². The van der Waals surface area contributed by atoms with Crippen LogP contribution in [0.5, 0.6) is 0 Å². The summed E-state index contributed by atoms with van der Waals surface area (Å²) in [7, 11) is 0. The minimum absolute atomic E-state index is 0. The standard InChI is InChI=1S/C17H25ClN2O.ClH/c1-3-17(4-2,14-6-8-15(18)9-7-14)16(21)20-12-5-10-19-11-13-20;/h6-9,19H,3-5,10-13H2,1-2H3;1H. The molecule has 0 atom stereocenters. The molecule has 1 aliphatic rings. The molecule has 1 aromatic carbocycles. The van der Waals surface area contributed by atoms with Gasteiger partial charge in [-0.2, -0.15) is 0 Å². The van der Waals surface area contributed by atoms with Crippen LogP contribution in [0.25, 0.3) is 0 Å². The smallest absolute Gasteiger partial charge is 0.233 e. The van der Waals surface area contributed by atoms with Crippen LogP contribution in [0, 0.1) is 0 Å². The van der Waals surface area contributed by atoms with Gasteiger partial charge in [0.25, 0.3) is 0 Å². The first-order valence-corrected chi connectivity index (χ1v) is 8.28. The van der Waals surface area contributed by atoms with Crippen molar-refractivity contribution in [1.82, 2.24) is 10.2 Å². The topological polar surface area (TPSA) is 32.3 Å². The monoisotopic (exact) mass is 344 g/mol. The fraction of sp³-hybridized carbons (Fsp3) is 0.588. The van der Waals surface area contributed by atoms with E-state index in [2.05, 4.69) is 19.2 Å². The van der Waals surface area contributed by atoms with E-state index >= 15 is 0 Å². The van der Waals surface area contributed by atoms with E-state index in [0.29, 0.717) is 5.02 Å². The molecule has 0 aromatic heterocycles. The molecule has 3 nitrogen and oxygen atoms in total. The van der Waals surface area contributed by atoms with Gasteiger partial charge in [0.05, 0.1) is 5.41 Å². The maximum absolute atomic E-state index is 13.2. The van der Waals surface area contributed by atoms with Gasteiger partial charge in [0.1, 0.15) is 0 Å². The number of benzene rings is 1. The summed E-state index contributed by atoms with van der Waals surface area (Å²) >= 11 is 5.99. The number of rotatable bonds is 4. The number of halogens is 2. The van der Waals surface area contributed by atoms with Crippen molar-refractivity contribution in [3.63, 3.8) is 0 Å². The lowest BCUT2D eigenvalue weighted by Gasteiger charge is -2.36. The third kappa shape index (κ3) is 3.95. The number of carbonyl (C=O) groups is 1. The number of hydrogen-bond donors (Lipinski definition) is 1. The van der Waals surface area contributed by atoms with E-state index in [1.165, 1.54) is 0 Å². The molecule has 1 saturated heterocycles. The van der Waals surface area contributed by atoms with Gasteiger partial charge in [-0.15, -0.1) is 12.4 Å². The Bertz CT molecular complexity index is 464. The Morgan fingerprint density at radius 3 is 2.41 bits per heavy atom. The molecule has 1 fully saturated rings. The molecule has 2 rings (SSSR count). The lowest BCUT2D eigenvalue weighted by Crippen LogP contribution is -2.47. The molecule has 1 aromatic rings. The first-order chi connectivity index (χ1) is 10.1. The van der Waals surface area contributed by atoms with Gasteiger partial charge >= 0.3 is 0 Å². The minimum atomic E-state index is -0.422. The first-order valence-electron chi connectivity index (χ1n) is 7.90. The molecule has 22 heavy (non-hydrogen) atoms. The maximum atomic E-state index is 13.2. The summed E-state index contributed by atoms with van der Waals surface area (Å²) < 4.78 is 0. The SMILES string of the molecule is CCC(CC)(C(=O)N1CCCNCC1)c1ccc(Cl)cc1.Cl. The number of carbonyl (C=O) groups excluding carboxylic acids is 1. The molecule has 124 valence electrons. The van der Waals surface area contributed by atoms with Crippen molar-refractivity contribution in [3.8, 4) is 0 Å². The van der Waals surface area contributed by atoms with Crippen LogP contribution in [0.3, 0.4) is 0 Å². The fourth-order valence-corrected chi connectivity index (χ4v) is 3.33. The van der Waals surface area contributed by atoms with E-state index in [-0.39, 0.29) is 18.3 Å². The van der Waals surface area contributed by atoms with E-state index < -0.39 is 5.41 Å². The van der Waals surface area contributed by atoms with Crippen molar-refractivity contribution in [1.29, 1.82) is 0 Å². The Labute approximate surface area is 144 Å². The average Bonchev–Trinajstić information content (AvgIpc) is 2.79. The summed E-state index contributed by atoms with van der Waals surface area (Å²) in [4.78, 5) is 15.2. The van der Waals surface area contributed by atoms with E-state index in [9.17, 15) is 4.79 Å². The highest BCUT2D eigenvalue weighted by atomic mass is 35.5. The van der Waals surface area contributed by atoms with Crippen LogP contribution in [0.1, 0.15) is 38.7 Å². The van der Waals surface area contributed by atoms with Gasteiger partial charge in [0.2, 0.25) is 5.91 Å². The predicted octanol–water partition coefficient (Wildman–Crippen LogP) is 3.64. The van der Waals surface area contributed by atoms with Crippen molar-refractivity contribution in [2.24, 2.45) is 0 Å². The molecule has 0 radical (unpaired) electrons. The van der Waals surface area contributed by atoms with E-state index in [4.69, 9.17) is 11.6 Å². The zero-order valence-corrected chi connectivity index (χ0v) is 15.0. The molecule has 0 aliphatic carbocycles. The van der Waals surface area contributed by atoms with E-state index in [1.807, 2.05) is 29.2 Å². The molecule has 0 bridgehead atoms. The second-order valence-electron chi connectivity index (χ2n) is 5.69. The van der Waals surface area contributed by atoms with Crippen LogP contribution in [0.4, 0.5) is 0 Å². The Balaban J connectivity index is 0.00000242. The third-order valence-electron chi connectivity index (χ3n) is 4.64. The van der Waals surface area contributed by atoms with Crippen LogP contribution >= 0.6 is 24.0 Å². The quantitative estimate of drug-likeness (QED) is 0.904. The molecular weight excluding hydrogens is 319 g/mol. The van der Waals surface area contributed by atoms with Crippen LogP contribution < -0.4 is 5.32 Å². The Morgan fingerprint density at radius 2 is 1.82 bits per heavy atom. The van der Waals surface area contributed by atoms with Crippen LogP contribution in [0.15, 0.2) is 24.3 Å². The average molecular weight is 345 g/mol. The Hall–Kier alpha value is -0.770. The summed E-state index contributed by atoms with van der Waals surface area (Å²) in [6.07, 6.45) is 2.65. The third-order valence-corrected chi connectivity index (χ3v) is 4.89. The maximum Gasteiger partial charge on any atom is 0.233 e. The molecular formula is C17H26Cl2N2O. The summed E-state index contributed by atoms with van der Waals surface area (Å²) in [6.45, 7) is 7.74. The van der Waals surface area contributed by atoms with E-state index in [1.54, 1.807) is 0 Å². The summed E-state index contributed by atoms with van der Waals surface area (Å²) in [5, 5.41) is 4.07. The van der Waals surface area contributed by atoms with Gasteiger partial charge < -0.3 is 10.2 Å². The number of amides is 1. The Morgan fingerprint density at radius 1 is 1.18 bits per heavy atom. The number of hydrogen-bond acceptors (Lipinski definition) is 2. The highest BCUT2D eigenvalue weighted by Crippen LogP contribution is 2.34. The summed E-state index contributed by atoms with van der Waals surface area (Å²) in [5.41, 5.74) is 0.661. The minimum Gasteiger partial charge on any atom is -0.341 e. The largest absolute Gasteiger partial charge is 0.341 e. The Kier molecular flexibility index (Phi) is 7.67. The van der Waals surface area contributed by atoms with Gasteiger partial charge in [-0.1, -0.05) is 37.6 Å². The van der Waals surface area contributed by atoms with Crippen LogP contribution in [-0.2, 0) is 10.2 Å². The zero-order valence-electron chi connectivity index (χ0n) is 13.4. The van der Waals surface area contributed by atoms with Crippen molar-refractivity contribution in [3.05, 3.63) is 34.9 Å². The number of nitrogens with zero attached hydrogens (tertiary/aromatic N) is 1. The zero-order chi connectivity index (χ0) is 15.3. The molecule has 0 spiro atoms. The predicted molar refractivity (Wildman–Crippen MR) is 95.0 cm³/mol. The molecule has 5 heteroatoms. The molecule has 1 heterocycles. The lowest BCUT2D eigenvalue weighted by atomic mass is 9.74. The highest BCUT2D eigenvalue weighted by molar-refractivity contribution is 6.30.